The number of rotatable bonds is 4. The highest BCUT2D eigenvalue weighted by molar-refractivity contribution is 6.00. The molecule has 120 valence electrons. The van der Waals surface area contributed by atoms with Gasteiger partial charge in [-0.1, -0.05) is 24.3 Å². The van der Waals surface area contributed by atoms with Crippen LogP contribution in [-0.2, 0) is 14.3 Å². The van der Waals surface area contributed by atoms with E-state index in [1.807, 2.05) is 38.1 Å². The van der Waals surface area contributed by atoms with Crippen LogP contribution in [0.25, 0.3) is 4.85 Å². The van der Waals surface area contributed by atoms with E-state index < -0.39 is 17.9 Å². The van der Waals surface area contributed by atoms with E-state index in [1.54, 1.807) is 7.11 Å². The summed E-state index contributed by atoms with van der Waals surface area (Å²) in [5.41, 5.74) is 3.60. The monoisotopic (exact) mass is 312 g/mol. The van der Waals surface area contributed by atoms with Gasteiger partial charge in [-0.2, -0.15) is 0 Å². The number of carbonyl (C=O) groups excluding carboxylic acids is 1. The fourth-order valence-electron chi connectivity index (χ4n) is 2.95. The fraction of sp³-hybridized carbons (Fsp3) is 0.389. The highest BCUT2D eigenvalue weighted by Gasteiger charge is 2.42. The highest BCUT2D eigenvalue weighted by atomic mass is 16.5. The lowest BCUT2D eigenvalue weighted by atomic mass is 9.78. The SMILES string of the molecule is [C-]#[N+]C1C(C)=NC(COC)=C(C(=O)OC)C1c1ccccc1C. The number of hydrogen-bond acceptors (Lipinski definition) is 4. The minimum Gasteiger partial charge on any atom is -0.466 e. The lowest BCUT2D eigenvalue weighted by Crippen LogP contribution is -2.33. The Morgan fingerprint density at radius 1 is 1.30 bits per heavy atom. The Morgan fingerprint density at radius 3 is 2.57 bits per heavy atom. The Kier molecular flexibility index (Phi) is 5.30. The fourth-order valence-corrected chi connectivity index (χ4v) is 2.95. The van der Waals surface area contributed by atoms with E-state index in [2.05, 4.69) is 9.84 Å². The number of ether oxygens (including phenoxy) is 2. The maximum absolute atomic E-state index is 12.4. The van der Waals surface area contributed by atoms with Crippen molar-refractivity contribution in [3.8, 4) is 0 Å². The molecule has 0 saturated carbocycles. The molecule has 2 rings (SSSR count). The van der Waals surface area contributed by atoms with E-state index in [0.717, 1.165) is 11.1 Å². The first-order valence-corrected chi connectivity index (χ1v) is 7.32. The van der Waals surface area contributed by atoms with Crippen LogP contribution in [0.3, 0.4) is 0 Å². The number of nitrogens with zero attached hydrogens (tertiary/aromatic N) is 2. The molecule has 1 aliphatic heterocycles. The molecule has 2 unspecified atom stereocenters. The van der Waals surface area contributed by atoms with Crippen LogP contribution in [-0.4, -0.2) is 38.5 Å². The van der Waals surface area contributed by atoms with Crippen molar-refractivity contribution < 1.29 is 14.3 Å². The smallest absolute Gasteiger partial charge is 0.336 e. The van der Waals surface area contributed by atoms with Gasteiger partial charge < -0.3 is 14.3 Å². The third-order valence-corrected chi connectivity index (χ3v) is 4.03. The summed E-state index contributed by atoms with van der Waals surface area (Å²) in [6.07, 6.45) is 0. The standard InChI is InChI=1S/C18H20N2O3/c1-11-8-6-7-9-13(11)15-16(18(21)23-5)14(10-22-4)20-12(2)17(15)19-3/h6-9,15,17H,10H2,1-2,4-5H3. The Morgan fingerprint density at radius 2 is 2.00 bits per heavy atom. The molecule has 1 heterocycles. The molecule has 0 fully saturated rings. The van der Waals surface area contributed by atoms with Crippen LogP contribution in [0.5, 0.6) is 0 Å². The van der Waals surface area contributed by atoms with Crippen molar-refractivity contribution in [2.75, 3.05) is 20.8 Å². The molecule has 0 saturated heterocycles. The first-order chi connectivity index (χ1) is 11.0. The molecule has 0 aromatic heterocycles. The molecule has 0 radical (unpaired) electrons. The molecular weight excluding hydrogens is 292 g/mol. The number of methoxy groups -OCH3 is 2. The van der Waals surface area contributed by atoms with Gasteiger partial charge >= 0.3 is 5.97 Å². The van der Waals surface area contributed by atoms with Crippen molar-refractivity contribution in [1.82, 2.24) is 0 Å². The third-order valence-electron chi connectivity index (χ3n) is 4.03. The van der Waals surface area contributed by atoms with Gasteiger partial charge in [-0.15, -0.1) is 0 Å². The molecule has 2 atom stereocenters. The topological polar surface area (TPSA) is 52.2 Å². The normalized spacial score (nSPS) is 20.7. The Hall–Kier alpha value is -2.45. The molecule has 0 N–H and O–H groups in total. The van der Waals surface area contributed by atoms with Gasteiger partial charge in [0.25, 0.3) is 6.04 Å². The van der Waals surface area contributed by atoms with Gasteiger partial charge in [0.15, 0.2) is 0 Å². The van der Waals surface area contributed by atoms with E-state index in [4.69, 9.17) is 16.0 Å². The van der Waals surface area contributed by atoms with Gasteiger partial charge in [-0.3, -0.25) is 4.99 Å². The molecule has 0 bridgehead atoms. The molecule has 1 aromatic carbocycles. The van der Waals surface area contributed by atoms with Crippen LogP contribution in [0, 0.1) is 13.5 Å². The zero-order valence-electron chi connectivity index (χ0n) is 13.8. The number of esters is 1. The summed E-state index contributed by atoms with van der Waals surface area (Å²) in [6.45, 7) is 11.6. The van der Waals surface area contributed by atoms with Gasteiger partial charge in [0.05, 0.1) is 36.6 Å². The maximum Gasteiger partial charge on any atom is 0.336 e. The second-order valence-corrected chi connectivity index (χ2v) is 5.45. The molecular formula is C18H20N2O3. The van der Waals surface area contributed by atoms with Crippen LogP contribution in [0.4, 0.5) is 0 Å². The molecule has 1 aromatic rings. The molecule has 5 heteroatoms. The van der Waals surface area contributed by atoms with Gasteiger partial charge in [-0.05, 0) is 25.0 Å². The predicted molar refractivity (Wildman–Crippen MR) is 88.3 cm³/mol. The largest absolute Gasteiger partial charge is 0.466 e. The van der Waals surface area contributed by atoms with Crippen LogP contribution in [0.2, 0.25) is 0 Å². The van der Waals surface area contributed by atoms with Crippen LogP contribution >= 0.6 is 0 Å². The number of carbonyl (C=O) groups is 1. The Labute approximate surface area is 136 Å². The maximum atomic E-state index is 12.4. The number of aryl methyl sites for hydroxylation is 1. The van der Waals surface area contributed by atoms with E-state index in [-0.39, 0.29) is 6.61 Å². The molecule has 1 aliphatic rings. The van der Waals surface area contributed by atoms with Crippen molar-refractivity contribution in [2.24, 2.45) is 4.99 Å². The Bertz CT molecular complexity index is 713. The summed E-state index contributed by atoms with van der Waals surface area (Å²) in [5, 5.41) is 0. The van der Waals surface area contributed by atoms with E-state index in [0.29, 0.717) is 17.0 Å². The number of aliphatic imine (C=N–C) groups is 1. The summed E-state index contributed by atoms with van der Waals surface area (Å²) in [4.78, 5) is 20.6. The lowest BCUT2D eigenvalue weighted by Gasteiger charge is -2.27. The quantitative estimate of drug-likeness (QED) is 0.634. The van der Waals surface area contributed by atoms with Gasteiger partial charge in [0.2, 0.25) is 0 Å². The average molecular weight is 312 g/mol. The summed E-state index contributed by atoms with van der Waals surface area (Å²) in [6, 6.07) is 7.25. The minimum atomic E-state index is -0.522. The van der Waals surface area contributed by atoms with Crippen molar-refractivity contribution in [1.29, 1.82) is 0 Å². The summed E-state index contributed by atoms with van der Waals surface area (Å²) < 4.78 is 10.1. The number of benzene rings is 1. The zero-order valence-corrected chi connectivity index (χ0v) is 13.8. The zero-order chi connectivity index (χ0) is 17.0. The summed E-state index contributed by atoms with van der Waals surface area (Å²) in [5.74, 6) is -0.862. The van der Waals surface area contributed by atoms with Crippen molar-refractivity contribution in [3.63, 3.8) is 0 Å². The molecule has 0 amide bonds. The van der Waals surface area contributed by atoms with Gasteiger partial charge in [0.1, 0.15) is 0 Å². The van der Waals surface area contributed by atoms with Crippen molar-refractivity contribution in [3.05, 3.63) is 58.1 Å². The van der Waals surface area contributed by atoms with Gasteiger partial charge in [-0.25, -0.2) is 11.4 Å². The first kappa shape index (κ1) is 16.9. The van der Waals surface area contributed by atoms with E-state index in [9.17, 15) is 4.79 Å². The summed E-state index contributed by atoms with van der Waals surface area (Å²) >= 11 is 0. The predicted octanol–water partition coefficient (Wildman–Crippen LogP) is 2.91. The first-order valence-electron chi connectivity index (χ1n) is 7.32. The highest BCUT2D eigenvalue weighted by Crippen LogP contribution is 2.38. The average Bonchev–Trinajstić information content (AvgIpc) is 2.54. The molecule has 5 nitrogen and oxygen atoms in total. The van der Waals surface area contributed by atoms with Crippen molar-refractivity contribution in [2.45, 2.75) is 25.8 Å². The van der Waals surface area contributed by atoms with Crippen LogP contribution in [0.15, 0.2) is 40.5 Å². The lowest BCUT2D eigenvalue weighted by molar-refractivity contribution is -0.136. The summed E-state index contributed by atoms with van der Waals surface area (Å²) in [7, 11) is 2.89. The van der Waals surface area contributed by atoms with Gasteiger partial charge in [0, 0.05) is 7.11 Å². The van der Waals surface area contributed by atoms with Crippen LogP contribution < -0.4 is 0 Å². The van der Waals surface area contributed by atoms with Crippen LogP contribution in [0.1, 0.15) is 24.0 Å². The van der Waals surface area contributed by atoms with E-state index in [1.165, 1.54) is 7.11 Å². The minimum absolute atomic E-state index is 0.203. The molecule has 23 heavy (non-hydrogen) atoms. The second kappa shape index (κ2) is 7.21. The van der Waals surface area contributed by atoms with Crippen molar-refractivity contribution >= 4 is 11.7 Å². The molecule has 0 spiro atoms. The Balaban J connectivity index is 2.71. The molecule has 0 aliphatic carbocycles. The number of hydrogen-bond donors (Lipinski definition) is 0. The third kappa shape index (κ3) is 3.17. The second-order valence-electron chi connectivity index (χ2n) is 5.45. The van der Waals surface area contributed by atoms with E-state index >= 15 is 0 Å².